The molecule has 0 aromatic carbocycles. The highest BCUT2D eigenvalue weighted by Gasteiger charge is 2.20. The summed E-state index contributed by atoms with van der Waals surface area (Å²) in [6.45, 7) is 2.51. The monoisotopic (exact) mass is 155 g/mol. The van der Waals surface area contributed by atoms with E-state index < -0.39 is 0 Å². The minimum absolute atomic E-state index is 1.24. The smallest absolute Gasteiger partial charge is 0.0201 e. The molecular formula is C8H13NS. The standard InChI is InChI=1S/C8H13NS/c1-9-4-2-8-7(6-9)3-5-10-8/h2-6H2,1H3. The van der Waals surface area contributed by atoms with Crippen LogP contribution in [0, 0.1) is 0 Å². The van der Waals surface area contributed by atoms with E-state index >= 15 is 0 Å². The van der Waals surface area contributed by atoms with Crippen molar-refractivity contribution in [3.8, 4) is 0 Å². The van der Waals surface area contributed by atoms with Gasteiger partial charge in [-0.1, -0.05) is 0 Å². The third-order valence-corrected chi connectivity index (χ3v) is 3.51. The zero-order valence-corrected chi connectivity index (χ0v) is 7.21. The van der Waals surface area contributed by atoms with Gasteiger partial charge in [0.05, 0.1) is 0 Å². The first-order chi connectivity index (χ1) is 4.86. The van der Waals surface area contributed by atoms with E-state index in [4.69, 9.17) is 0 Å². The molecule has 10 heavy (non-hydrogen) atoms. The van der Waals surface area contributed by atoms with Crippen molar-refractivity contribution in [1.29, 1.82) is 0 Å². The summed E-state index contributed by atoms with van der Waals surface area (Å²) in [6.07, 6.45) is 2.67. The molecule has 0 atom stereocenters. The van der Waals surface area contributed by atoms with Crippen LogP contribution in [0.25, 0.3) is 0 Å². The first kappa shape index (κ1) is 6.74. The molecule has 0 aromatic heterocycles. The Labute approximate surface area is 66.5 Å². The molecule has 0 fully saturated rings. The summed E-state index contributed by atoms with van der Waals surface area (Å²) in [5.74, 6) is 1.35. The molecule has 0 aromatic rings. The van der Waals surface area contributed by atoms with E-state index in [0.29, 0.717) is 0 Å². The van der Waals surface area contributed by atoms with Gasteiger partial charge in [0.2, 0.25) is 0 Å². The maximum Gasteiger partial charge on any atom is 0.0201 e. The molecule has 2 rings (SSSR count). The average molecular weight is 155 g/mol. The highest BCUT2D eigenvalue weighted by molar-refractivity contribution is 8.03. The molecular weight excluding hydrogens is 142 g/mol. The highest BCUT2D eigenvalue weighted by Crippen LogP contribution is 2.36. The van der Waals surface area contributed by atoms with Crippen LogP contribution in [0.2, 0.25) is 0 Å². The van der Waals surface area contributed by atoms with Crippen molar-refractivity contribution in [2.45, 2.75) is 12.8 Å². The number of hydrogen-bond acceptors (Lipinski definition) is 2. The summed E-state index contributed by atoms with van der Waals surface area (Å²) in [7, 11) is 2.22. The molecule has 0 spiro atoms. The van der Waals surface area contributed by atoms with Crippen LogP contribution in [0.1, 0.15) is 12.8 Å². The Morgan fingerprint density at radius 1 is 1.40 bits per heavy atom. The van der Waals surface area contributed by atoms with Gasteiger partial charge in [-0.05, 0) is 30.4 Å². The molecule has 0 amide bonds. The normalized spacial score (nSPS) is 27.3. The zero-order valence-electron chi connectivity index (χ0n) is 6.39. The molecule has 0 radical (unpaired) electrons. The summed E-state index contributed by atoms with van der Waals surface area (Å²) >= 11 is 2.08. The van der Waals surface area contributed by atoms with Crippen LogP contribution in [-0.2, 0) is 0 Å². The number of rotatable bonds is 0. The van der Waals surface area contributed by atoms with E-state index in [0.717, 1.165) is 0 Å². The first-order valence-corrected chi connectivity index (χ1v) is 4.87. The lowest BCUT2D eigenvalue weighted by atomic mass is 10.1. The Kier molecular flexibility index (Phi) is 1.75. The molecule has 0 saturated carbocycles. The number of likely N-dealkylation sites (N-methyl/N-ethyl adjacent to an activating group) is 1. The van der Waals surface area contributed by atoms with Crippen LogP contribution in [0.3, 0.4) is 0 Å². The van der Waals surface area contributed by atoms with Crippen LogP contribution in [0.4, 0.5) is 0 Å². The van der Waals surface area contributed by atoms with E-state index in [-0.39, 0.29) is 0 Å². The number of nitrogens with zero attached hydrogens (tertiary/aromatic N) is 1. The Balaban J connectivity index is 2.13. The Bertz CT molecular complexity index is 174. The predicted molar refractivity (Wildman–Crippen MR) is 46.2 cm³/mol. The molecule has 1 nitrogen and oxygen atoms in total. The topological polar surface area (TPSA) is 3.24 Å². The molecule has 0 N–H and O–H groups in total. The minimum Gasteiger partial charge on any atom is -0.302 e. The zero-order chi connectivity index (χ0) is 6.97. The largest absolute Gasteiger partial charge is 0.302 e. The van der Waals surface area contributed by atoms with Gasteiger partial charge in [-0.2, -0.15) is 0 Å². The Morgan fingerprint density at radius 3 is 3.20 bits per heavy atom. The minimum atomic E-state index is 1.24. The van der Waals surface area contributed by atoms with E-state index in [1.165, 1.54) is 31.7 Å². The fourth-order valence-corrected chi connectivity index (χ4v) is 2.85. The molecule has 2 heterocycles. The Hall–Kier alpha value is 0.0500. The summed E-state index contributed by atoms with van der Waals surface area (Å²) in [5.41, 5.74) is 1.72. The first-order valence-electron chi connectivity index (χ1n) is 3.88. The van der Waals surface area contributed by atoms with Gasteiger partial charge in [0.1, 0.15) is 0 Å². The molecule has 0 saturated heterocycles. The van der Waals surface area contributed by atoms with Gasteiger partial charge in [-0.3, -0.25) is 0 Å². The molecule has 0 unspecified atom stereocenters. The van der Waals surface area contributed by atoms with Gasteiger partial charge in [0.15, 0.2) is 0 Å². The molecule has 0 aliphatic carbocycles. The maximum absolute atomic E-state index is 2.42. The summed E-state index contributed by atoms with van der Waals surface area (Å²) < 4.78 is 0. The second-order valence-corrected chi connectivity index (χ2v) is 4.30. The molecule has 2 heteroatoms. The van der Waals surface area contributed by atoms with Gasteiger partial charge >= 0.3 is 0 Å². The third-order valence-electron chi connectivity index (χ3n) is 2.26. The quantitative estimate of drug-likeness (QED) is 0.524. The van der Waals surface area contributed by atoms with Crippen molar-refractivity contribution in [2.75, 3.05) is 25.9 Å². The van der Waals surface area contributed by atoms with E-state index in [1.54, 1.807) is 10.5 Å². The predicted octanol–water partition coefficient (Wildman–Crippen LogP) is 1.71. The lowest BCUT2D eigenvalue weighted by Crippen LogP contribution is -2.26. The van der Waals surface area contributed by atoms with Gasteiger partial charge in [0.25, 0.3) is 0 Å². The van der Waals surface area contributed by atoms with E-state index in [9.17, 15) is 0 Å². The van der Waals surface area contributed by atoms with Gasteiger partial charge < -0.3 is 4.90 Å². The second-order valence-electron chi connectivity index (χ2n) is 3.11. The lowest BCUT2D eigenvalue weighted by molar-refractivity contribution is 0.351. The second kappa shape index (κ2) is 2.59. The number of thioether (sulfide) groups is 1. The Morgan fingerprint density at radius 2 is 2.30 bits per heavy atom. The van der Waals surface area contributed by atoms with Gasteiger partial charge in [-0.15, -0.1) is 11.8 Å². The SMILES string of the molecule is CN1CCC2=C(CCS2)C1. The van der Waals surface area contributed by atoms with E-state index in [2.05, 4.69) is 23.7 Å². The van der Waals surface area contributed by atoms with Crippen LogP contribution < -0.4 is 0 Å². The summed E-state index contributed by atoms with van der Waals surface area (Å²) in [4.78, 5) is 4.13. The van der Waals surface area contributed by atoms with Crippen LogP contribution in [0.15, 0.2) is 10.5 Å². The van der Waals surface area contributed by atoms with Crippen molar-refractivity contribution in [3.05, 3.63) is 10.5 Å². The van der Waals surface area contributed by atoms with Crippen molar-refractivity contribution in [3.63, 3.8) is 0 Å². The fraction of sp³-hybridized carbons (Fsp3) is 0.750. The fourth-order valence-electron chi connectivity index (χ4n) is 1.65. The highest BCUT2D eigenvalue weighted by atomic mass is 32.2. The van der Waals surface area contributed by atoms with Crippen molar-refractivity contribution in [1.82, 2.24) is 4.90 Å². The van der Waals surface area contributed by atoms with Crippen molar-refractivity contribution in [2.24, 2.45) is 0 Å². The lowest BCUT2D eigenvalue weighted by Gasteiger charge is -2.23. The van der Waals surface area contributed by atoms with Gasteiger partial charge in [-0.25, -0.2) is 0 Å². The van der Waals surface area contributed by atoms with Crippen LogP contribution in [0.5, 0.6) is 0 Å². The van der Waals surface area contributed by atoms with E-state index in [1.807, 2.05) is 0 Å². The summed E-state index contributed by atoms with van der Waals surface area (Å²) in [6, 6.07) is 0. The third kappa shape index (κ3) is 1.10. The molecule has 2 aliphatic heterocycles. The number of hydrogen-bond donors (Lipinski definition) is 0. The maximum atomic E-state index is 2.42. The summed E-state index contributed by atoms with van der Waals surface area (Å²) in [5, 5.41) is 0. The van der Waals surface area contributed by atoms with Crippen molar-refractivity contribution < 1.29 is 0 Å². The molecule has 56 valence electrons. The molecule has 0 bridgehead atoms. The van der Waals surface area contributed by atoms with Crippen LogP contribution >= 0.6 is 11.8 Å². The van der Waals surface area contributed by atoms with Gasteiger partial charge in [0, 0.05) is 18.8 Å². The average Bonchev–Trinajstić information content (AvgIpc) is 2.33. The van der Waals surface area contributed by atoms with Crippen LogP contribution in [-0.4, -0.2) is 30.8 Å². The van der Waals surface area contributed by atoms with Crippen molar-refractivity contribution >= 4 is 11.8 Å². The molecule has 2 aliphatic rings.